The van der Waals surface area contributed by atoms with Crippen molar-refractivity contribution in [3.8, 4) is 5.75 Å². The van der Waals surface area contributed by atoms with Gasteiger partial charge in [0.15, 0.2) is 6.10 Å². The van der Waals surface area contributed by atoms with Crippen molar-refractivity contribution in [1.82, 2.24) is 0 Å². The number of aliphatic hydroxyl groups excluding tert-OH is 1. The maximum absolute atomic E-state index is 12.0. The molecule has 4 unspecified atom stereocenters. The summed E-state index contributed by atoms with van der Waals surface area (Å²) in [5, 5.41) is 28.3. The van der Waals surface area contributed by atoms with Crippen molar-refractivity contribution in [3.05, 3.63) is 64.7 Å². The molecule has 3 N–H and O–H groups in total. The molecule has 1 saturated heterocycles. The molecular weight excluding hydrogens is 737 g/mol. The number of phenols is 1. The first-order chi connectivity index (χ1) is 27.1. The molecule has 0 bridgehead atoms. The molecule has 0 amide bonds. The van der Waals surface area contributed by atoms with Crippen LogP contribution in [0, 0.1) is 10.8 Å². The molecule has 0 spiro atoms. The van der Waals surface area contributed by atoms with E-state index in [9.17, 15) is 24.6 Å². The first-order valence-electron chi connectivity index (χ1n) is 21.6. The molecule has 2 aromatic rings. The van der Waals surface area contributed by atoms with Crippen LogP contribution in [0.4, 0.5) is 4.79 Å². The van der Waals surface area contributed by atoms with E-state index in [-0.39, 0.29) is 48.5 Å². The van der Waals surface area contributed by atoms with Crippen LogP contribution in [-0.4, -0.2) is 58.3 Å². The molecule has 0 aromatic heterocycles. The van der Waals surface area contributed by atoms with Gasteiger partial charge >= 0.3 is 18.1 Å². The van der Waals surface area contributed by atoms with Crippen LogP contribution in [0.1, 0.15) is 188 Å². The Balaban J connectivity index is 0.000000387. The smallest absolute Gasteiger partial charge is 0.508 e. The zero-order valence-corrected chi connectivity index (χ0v) is 38.2. The van der Waals surface area contributed by atoms with Crippen molar-refractivity contribution >= 4 is 18.1 Å². The standard InChI is InChI=1S/C14H22O.C13H24O2.C11H16O2.C10H16O5/c1-5-11(3)12-7-9-13(10-8-12)14(4,15)6-2;1-5-12(3,4)11(14)15-13(6-2)9-7-8-10-13;1-3-8(2)9-4-5-11(13)10(6-9)7-12;1-4-10(2,3)8(11)13-5-7-6-14-9(12)15-7/h7-11,15H,5-6H2,1-4H3;5-10H2,1-4H3;4-6,8,12-13H,3,7H2,1-2H3;7H,4-6H2,1-3H3. The molecule has 4 atom stereocenters. The molecule has 2 fully saturated rings. The van der Waals surface area contributed by atoms with E-state index >= 15 is 0 Å². The molecule has 1 aliphatic heterocycles. The SMILES string of the molecule is CCC(C)(C)C(=O)OCC1COC(=O)O1.CCC(C)c1ccc(C(C)(O)CC)cc1.CCC(C)c1ccc(O)c(CO)c1.CCC1(OC(=O)C(C)(C)CC)CCCC1. The lowest BCUT2D eigenvalue weighted by Crippen LogP contribution is -2.37. The van der Waals surface area contributed by atoms with Gasteiger partial charge in [-0.2, -0.15) is 0 Å². The number of aromatic hydroxyl groups is 1. The second-order valence-electron chi connectivity index (χ2n) is 17.4. The fourth-order valence-electron chi connectivity index (χ4n) is 5.87. The molecule has 10 nitrogen and oxygen atoms in total. The van der Waals surface area contributed by atoms with Gasteiger partial charge < -0.3 is 34.3 Å². The number of benzene rings is 2. The summed E-state index contributed by atoms with van der Waals surface area (Å²) in [6, 6.07) is 13.8. The van der Waals surface area contributed by atoms with Gasteiger partial charge in [0.05, 0.1) is 23.0 Å². The highest BCUT2D eigenvalue weighted by Crippen LogP contribution is 2.38. The first-order valence-corrected chi connectivity index (χ1v) is 21.6. The number of ether oxygens (including phenoxy) is 4. The highest BCUT2D eigenvalue weighted by Gasteiger charge is 2.39. The number of aliphatic hydroxyl groups is 2. The lowest BCUT2D eigenvalue weighted by molar-refractivity contribution is -0.170. The summed E-state index contributed by atoms with van der Waals surface area (Å²) in [5.41, 5.74) is 2.50. The van der Waals surface area contributed by atoms with E-state index in [0.29, 0.717) is 23.8 Å². The summed E-state index contributed by atoms with van der Waals surface area (Å²) in [4.78, 5) is 34.1. The zero-order valence-electron chi connectivity index (χ0n) is 38.2. The maximum atomic E-state index is 12.0. The molecule has 2 aliphatic rings. The van der Waals surface area contributed by atoms with Crippen LogP contribution >= 0.6 is 0 Å². The molecular formula is C48H78O10. The van der Waals surface area contributed by atoms with E-state index in [0.717, 1.165) is 50.5 Å². The zero-order chi connectivity index (χ0) is 44.3. The van der Waals surface area contributed by atoms with Crippen molar-refractivity contribution in [2.45, 2.75) is 190 Å². The van der Waals surface area contributed by atoms with Gasteiger partial charge in [-0.05, 0) is 139 Å². The van der Waals surface area contributed by atoms with Crippen molar-refractivity contribution in [2.24, 2.45) is 10.8 Å². The Morgan fingerprint density at radius 3 is 1.78 bits per heavy atom. The van der Waals surface area contributed by atoms with E-state index in [1.165, 1.54) is 24.0 Å². The first kappa shape index (κ1) is 52.4. The quantitative estimate of drug-likeness (QED) is 0.117. The monoisotopic (exact) mass is 815 g/mol. The fourth-order valence-corrected chi connectivity index (χ4v) is 5.87. The summed E-state index contributed by atoms with van der Waals surface area (Å²) in [6.45, 7) is 26.3. The van der Waals surface area contributed by atoms with E-state index in [2.05, 4.69) is 51.5 Å². The molecule has 1 heterocycles. The second kappa shape index (κ2) is 24.5. The summed E-state index contributed by atoms with van der Waals surface area (Å²) < 4.78 is 20.1. The van der Waals surface area contributed by atoms with Crippen molar-refractivity contribution in [3.63, 3.8) is 0 Å². The van der Waals surface area contributed by atoms with Crippen LogP contribution in [0.2, 0.25) is 0 Å². The van der Waals surface area contributed by atoms with E-state index in [1.54, 1.807) is 6.07 Å². The number of carbonyl (C=O) groups is 3. The van der Waals surface area contributed by atoms with Crippen LogP contribution < -0.4 is 0 Å². The maximum Gasteiger partial charge on any atom is 0.508 e. The van der Waals surface area contributed by atoms with Gasteiger partial charge in [0.2, 0.25) is 0 Å². The Kier molecular flexibility index (Phi) is 22.1. The number of hydrogen-bond acceptors (Lipinski definition) is 10. The lowest BCUT2D eigenvalue weighted by Gasteiger charge is -2.32. The predicted molar refractivity (Wildman–Crippen MR) is 231 cm³/mol. The van der Waals surface area contributed by atoms with Crippen LogP contribution in [0.25, 0.3) is 0 Å². The average Bonchev–Trinajstić information content (AvgIpc) is 3.88. The van der Waals surface area contributed by atoms with Gasteiger partial charge in [-0.15, -0.1) is 0 Å². The molecule has 10 heteroatoms. The molecule has 4 rings (SSSR count). The minimum Gasteiger partial charge on any atom is -0.508 e. The fraction of sp³-hybridized carbons (Fsp3) is 0.688. The minimum absolute atomic E-state index is 0.0197. The number of carbonyl (C=O) groups excluding carboxylic acids is 3. The summed E-state index contributed by atoms with van der Waals surface area (Å²) in [5.74, 6) is 0.952. The largest absolute Gasteiger partial charge is 0.508 e. The Morgan fingerprint density at radius 2 is 1.33 bits per heavy atom. The third-order valence-corrected chi connectivity index (χ3v) is 12.2. The van der Waals surface area contributed by atoms with Gasteiger partial charge in [-0.1, -0.05) is 85.7 Å². The molecule has 330 valence electrons. The minimum atomic E-state index is -0.703. The van der Waals surface area contributed by atoms with E-state index < -0.39 is 23.3 Å². The van der Waals surface area contributed by atoms with Gasteiger partial charge in [0.1, 0.15) is 24.6 Å². The third kappa shape index (κ3) is 16.6. The topological polar surface area (TPSA) is 149 Å². The Bertz CT molecular complexity index is 1520. The van der Waals surface area contributed by atoms with E-state index in [4.69, 9.17) is 19.3 Å². The Hall–Kier alpha value is -3.63. The van der Waals surface area contributed by atoms with Gasteiger partial charge in [-0.25, -0.2) is 4.79 Å². The van der Waals surface area contributed by atoms with Crippen molar-refractivity contribution in [1.29, 1.82) is 0 Å². The highest BCUT2D eigenvalue weighted by molar-refractivity contribution is 5.76. The molecule has 1 aliphatic carbocycles. The number of esters is 2. The molecule has 58 heavy (non-hydrogen) atoms. The predicted octanol–water partition coefficient (Wildman–Crippen LogP) is 11.4. The van der Waals surface area contributed by atoms with Gasteiger partial charge in [-0.3, -0.25) is 9.59 Å². The molecule has 2 aromatic carbocycles. The summed E-state index contributed by atoms with van der Waals surface area (Å²) in [6.07, 6.45) is 8.80. The van der Waals surface area contributed by atoms with Crippen LogP contribution in [0.5, 0.6) is 5.75 Å². The normalized spacial score (nSPS) is 17.9. The van der Waals surface area contributed by atoms with Crippen molar-refractivity contribution in [2.75, 3.05) is 13.2 Å². The van der Waals surface area contributed by atoms with Crippen LogP contribution in [0.15, 0.2) is 42.5 Å². The van der Waals surface area contributed by atoms with Crippen molar-refractivity contribution < 1.29 is 48.7 Å². The Morgan fingerprint density at radius 1 is 0.810 bits per heavy atom. The van der Waals surface area contributed by atoms with Crippen LogP contribution in [0.3, 0.4) is 0 Å². The third-order valence-electron chi connectivity index (χ3n) is 12.2. The van der Waals surface area contributed by atoms with E-state index in [1.807, 2.05) is 79.7 Å². The average molecular weight is 815 g/mol. The lowest BCUT2D eigenvalue weighted by atomic mass is 9.89. The summed E-state index contributed by atoms with van der Waals surface area (Å²) >= 11 is 0. The molecule has 0 radical (unpaired) electrons. The van der Waals surface area contributed by atoms with Crippen LogP contribution in [-0.2, 0) is 40.7 Å². The number of hydrogen-bond donors (Lipinski definition) is 3. The number of cyclic esters (lactones) is 2. The van der Waals surface area contributed by atoms with Gasteiger partial charge in [0.25, 0.3) is 0 Å². The second-order valence-corrected chi connectivity index (χ2v) is 17.4. The highest BCUT2D eigenvalue weighted by atomic mass is 16.8. The summed E-state index contributed by atoms with van der Waals surface area (Å²) in [7, 11) is 0. The number of rotatable bonds is 15. The molecule has 1 saturated carbocycles. The Labute approximate surface area is 350 Å². The van der Waals surface area contributed by atoms with Gasteiger partial charge in [0, 0.05) is 5.56 Å².